The Morgan fingerprint density at radius 1 is 1.29 bits per heavy atom. The Morgan fingerprint density at radius 3 is 2.71 bits per heavy atom. The van der Waals surface area contributed by atoms with Crippen molar-refractivity contribution >= 4 is 29.1 Å². The lowest BCUT2D eigenvalue weighted by Crippen LogP contribution is -2.33. The van der Waals surface area contributed by atoms with Gasteiger partial charge in [0.15, 0.2) is 0 Å². The Labute approximate surface area is 146 Å². The van der Waals surface area contributed by atoms with Crippen molar-refractivity contribution in [1.82, 2.24) is 10.3 Å². The lowest BCUT2D eigenvalue weighted by Gasteiger charge is -2.21. The molecule has 24 heavy (non-hydrogen) atoms. The van der Waals surface area contributed by atoms with Gasteiger partial charge < -0.3 is 10.2 Å². The fraction of sp³-hybridized carbons (Fsp3) is 0.278. The van der Waals surface area contributed by atoms with E-state index in [-0.39, 0.29) is 18.2 Å². The van der Waals surface area contributed by atoms with Gasteiger partial charge in [-0.3, -0.25) is 14.6 Å². The predicted molar refractivity (Wildman–Crippen MR) is 94.9 cm³/mol. The molecule has 1 aromatic carbocycles. The van der Waals surface area contributed by atoms with Crippen LogP contribution in [-0.4, -0.2) is 23.3 Å². The number of hydrogen-bond acceptors (Lipinski definition) is 3. The van der Waals surface area contributed by atoms with Crippen molar-refractivity contribution in [3.8, 4) is 0 Å². The van der Waals surface area contributed by atoms with Crippen LogP contribution in [0.15, 0.2) is 42.7 Å². The molecule has 1 heterocycles. The van der Waals surface area contributed by atoms with E-state index in [0.29, 0.717) is 23.8 Å². The van der Waals surface area contributed by atoms with E-state index in [2.05, 4.69) is 10.3 Å². The van der Waals surface area contributed by atoms with Crippen molar-refractivity contribution in [1.29, 1.82) is 0 Å². The van der Waals surface area contributed by atoms with E-state index in [1.165, 1.54) is 6.92 Å². The summed E-state index contributed by atoms with van der Waals surface area (Å²) >= 11 is 6.12. The first kappa shape index (κ1) is 17.9. The van der Waals surface area contributed by atoms with Crippen LogP contribution >= 0.6 is 11.6 Å². The highest BCUT2D eigenvalue weighted by Crippen LogP contribution is 2.23. The number of anilines is 1. The van der Waals surface area contributed by atoms with Gasteiger partial charge in [-0.2, -0.15) is 0 Å². The lowest BCUT2D eigenvalue weighted by molar-refractivity contribution is -0.121. The van der Waals surface area contributed by atoms with Gasteiger partial charge in [0.05, 0.1) is 0 Å². The van der Waals surface area contributed by atoms with Crippen molar-refractivity contribution in [2.75, 3.05) is 11.4 Å². The summed E-state index contributed by atoms with van der Waals surface area (Å²) in [5.41, 5.74) is 2.57. The second kappa shape index (κ2) is 8.45. The molecule has 6 heteroatoms. The van der Waals surface area contributed by atoms with Gasteiger partial charge in [-0.25, -0.2) is 0 Å². The summed E-state index contributed by atoms with van der Waals surface area (Å²) in [7, 11) is 0. The van der Waals surface area contributed by atoms with Gasteiger partial charge in [-0.15, -0.1) is 0 Å². The third kappa shape index (κ3) is 5.06. The van der Waals surface area contributed by atoms with Crippen molar-refractivity contribution in [2.24, 2.45) is 0 Å². The Kier molecular flexibility index (Phi) is 6.32. The zero-order valence-electron chi connectivity index (χ0n) is 13.8. The molecule has 0 spiro atoms. The molecule has 0 saturated heterocycles. The SMILES string of the molecule is CC(=O)N(CCC(=O)NCc1cccnc1)c1ccc(C)c(Cl)c1. The summed E-state index contributed by atoms with van der Waals surface area (Å²) in [6.07, 6.45) is 3.60. The average Bonchev–Trinajstić information content (AvgIpc) is 2.57. The lowest BCUT2D eigenvalue weighted by atomic mass is 10.2. The number of nitrogens with one attached hydrogen (secondary N) is 1. The highest BCUT2D eigenvalue weighted by molar-refractivity contribution is 6.31. The summed E-state index contributed by atoms with van der Waals surface area (Å²) in [6.45, 7) is 4.09. The summed E-state index contributed by atoms with van der Waals surface area (Å²) < 4.78 is 0. The number of nitrogens with zero attached hydrogens (tertiary/aromatic N) is 2. The van der Waals surface area contributed by atoms with Gasteiger partial charge in [-0.1, -0.05) is 23.7 Å². The van der Waals surface area contributed by atoms with Gasteiger partial charge in [-0.05, 0) is 36.2 Å². The topological polar surface area (TPSA) is 62.3 Å². The van der Waals surface area contributed by atoms with E-state index in [1.54, 1.807) is 23.4 Å². The van der Waals surface area contributed by atoms with Gasteiger partial charge in [0, 0.05) is 49.5 Å². The molecule has 0 aliphatic rings. The van der Waals surface area contributed by atoms with Crippen LogP contribution in [0.3, 0.4) is 0 Å². The Hall–Kier alpha value is -2.40. The van der Waals surface area contributed by atoms with Gasteiger partial charge in [0.25, 0.3) is 0 Å². The standard InChI is InChI=1S/C18H20ClN3O2/c1-13-5-6-16(10-17(13)19)22(14(2)23)9-7-18(24)21-12-15-4-3-8-20-11-15/h3-6,8,10-11H,7,9,12H2,1-2H3,(H,21,24). The van der Waals surface area contributed by atoms with Crippen LogP contribution in [0.5, 0.6) is 0 Å². The first-order chi connectivity index (χ1) is 11.5. The first-order valence-corrected chi connectivity index (χ1v) is 8.05. The molecule has 126 valence electrons. The number of amides is 2. The minimum atomic E-state index is -0.130. The van der Waals surface area contributed by atoms with Crippen LogP contribution in [0.4, 0.5) is 5.69 Å². The van der Waals surface area contributed by atoms with E-state index >= 15 is 0 Å². The molecule has 0 aliphatic carbocycles. The van der Waals surface area contributed by atoms with E-state index in [0.717, 1.165) is 11.1 Å². The van der Waals surface area contributed by atoms with Gasteiger partial charge in [0.2, 0.25) is 11.8 Å². The molecule has 0 fully saturated rings. The first-order valence-electron chi connectivity index (χ1n) is 7.67. The normalized spacial score (nSPS) is 10.3. The number of carbonyl (C=O) groups is 2. The zero-order chi connectivity index (χ0) is 17.5. The Morgan fingerprint density at radius 2 is 2.08 bits per heavy atom. The third-order valence-electron chi connectivity index (χ3n) is 3.62. The number of carbonyl (C=O) groups excluding carboxylic acids is 2. The van der Waals surface area contributed by atoms with Crippen molar-refractivity contribution < 1.29 is 9.59 Å². The average molecular weight is 346 g/mol. The minimum Gasteiger partial charge on any atom is -0.352 e. The number of aryl methyl sites for hydroxylation is 1. The number of hydrogen-bond donors (Lipinski definition) is 1. The van der Waals surface area contributed by atoms with Crippen LogP contribution in [0.25, 0.3) is 0 Å². The zero-order valence-corrected chi connectivity index (χ0v) is 14.5. The van der Waals surface area contributed by atoms with Crippen LogP contribution in [0.2, 0.25) is 5.02 Å². The number of aromatic nitrogens is 1. The van der Waals surface area contributed by atoms with Crippen molar-refractivity contribution in [3.05, 3.63) is 58.9 Å². The monoisotopic (exact) mass is 345 g/mol. The number of pyridine rings is 1. The summed E-state index contributed by atoms with van der Waals surface area (Å²) in [6, 6.07) is 9.14. The highest BCUT2D eigenvalue weighted by atomic mass is 35.5. The molecule has 2 aromatic rings. The third-order valence-corrected chi connectivity index (χ3v) is 4.03. The number of benzene rings is 1. The fourth-order valence-corrected chi connectivity index (χ4v) is 2.40. The molecule has 0 unspecified atom stereocenters. The van der Waals surface area contributed by atoms with Gasteiger partial charge in [0.1, 0.15) is 0 Å². The van der Waals surface area contributed by atoms with Crippen molar-refractivity contribution in [2.45, 2.75) is 26.8 Å². The maximum absolute atomic E-state index is 12.0. The summed E-state index contributed by atoms with van der Waals surface area (Å²) in [5, 5.41) is 3.42. The molecular weight excluding hydrogens is 326 g/mol. The van der Waals surface area contributed by atoms with Crippen LogP contribution in [0, 0.1) is 6.92 Å². The maximum Gasteiger partial charge on any atom is 0.223 e. The predicted octanol–water partition coefficient (Wildman–Crippen LogP) is 3.10. The largest absolute Gasteiger partial charge is 0.352 e. The number of halogens is 1. The Bertz CT molecular complexity index is 719. The summed E-state index contributed by atoms with van der Waals surface area (Å²) in [5.74, 6) is -0.252. The molecule has 0 aliphatic heterocycles. The molecule has 0 radical (unpaired) electrons. The molecule has 1 aromatic heterocycles. The van der Waals surface area contributed by atoms with Crippen LogP contribution in [0.1, 0.15) is 24.5 Å². The van der Waals surface area contributed by atoms with Crippen LogP contribution in [-0.2, 0) is 16.1 Å². The second-order valence-corrected chi connectivity index (χ2v) is 5.90. The second-order valence-electron chi connectivity index (χ2n) is 5.49. The van der Waals surface area contributed by atoms with E-state index in [1.807, 2.05) is 31.2 Å². The number of rotatable bonds is 6. The maximum atomic E-state index is 12.0. The highest BCUT2D eigenvalue weighted by Gasteiger charge is 2.14. The molecule has 0 bridgehead atoms. The summed E-state index contributed by atoms with van der Waals surface area (Å²) in [4.78, 5) is 29.4. The van der Waals surface area contributed by atoms with E-state index < -0.39 is 0 Å². The molecule has 2 rings (SSSR count). The molecular formula is C18H20ClN3O2. The quantitative estimate of drug-likeness (QED) is 0.875. The Balaban J connectivity index is 1.92. The smallest absolute Gasteiger partial charge is 0.223 e. The minimum absolute atomic E-state index is 0.122. The molecule has 2 amide bonds. The molecule has 5 nitrogen and oxygen atoms in total. The van der Waals surface area contributed by atoms with E-state index in [4.69, 9.17) is 11.6 Å². The van der Waals surface area contributed by atoms with E-state index in [9.17, 15) is 9.59 Å². The molecule has 0 saturated carbocycles. The fourth-order valence-electron chi connectivity index (χ4n) is 2.22. The molecule has 0 atom stereocenters. The van der Waals surface area contributed by atoms with Crippen molar-refractivity contribution in [3.63, 3.8) is 0 Å². The van der Waals surface area contributed by atoms with Gasteiger partial charge >= 0.3 is 0 Å². The molecule has 1 N–H and O–H groups in total. The van der Waals surface area contributed by atoms with Crippen LogP contribution < -0.4 is 10.2 Å².